The number of nitrogens with zero attached hydrogens (tertiary/aromatic N) is 1. The number of para-hydroxylation sites is 2. The first-order valence-electron chi connectivity index (χ1n) is 21.0. The second-order valence-electron chi connectivity index (χ2n) is 16.0. The average molecular weight is 778 g/mol. The van der Waals surface area contributed by atoms with Crippen LogP contribution in [0, 0.1) is 0 Å². The van der Waals surface area contributed by atoms with Crippen LogP contribution < -0.4 is 4.90 Å². The Kier molecular flexibility index (Phi) is 8.11. The van der Waals surface area contributed by atoms with Crippen LogP contribution in [0.5, 0.6) is 0 Å². The molecule has 0 N–H and O–H groups in total. The minimum absolute atomic E-state index is 0.495. The summed E-state index contributed by atoms with van der Waals surface area (Å²) in [5.41, 5.74) is 16.8. The van der Waals surface area contributed by atoms with Crippen molar-refractivity contribution >= 4 is 49.8 Å². The zero-order valence-electron chi connectivity index (χ0n) is 33.4. The Morgan fingerprint density at radius 3 is 1.64 bits per heavy atom. The molecular weight excluding hydrogens is 739 g/mol. The van der Waals surface area contributed by atoms with Gasteiger partial charge < -0.3 is 9.32 Å². The van der Waals surface area contributed by atoms with Crippen molar-refractivity contribution in [3.8, 4) is 33.4 Å². The van der Waals surface area contributed by atoms with Crippen molar-refractivity contribution in [2.45, 2.75) is 5.41 Å². The first kappa shape index (κ1) is 35.0. The lowest BCUT2D eigenvalue weighted by molar-refractivity contribution is 0.670. The molecule has 0 amide bonds. The molecule has 12 rings (SSSR count). The quantitative estimate of drug-likeness (QED) is 0.160. The van der Waals surface area contributed by atoms with E-state index in [1.807, 2.05) is 12.1 Å². The number of benzene rings is 10. The van der Waals surface area contributed by atoms with Gasteiger partial charge in [0.1, 0.15) is 11.2 Å². The summed E-state index contributed by atoms with van der Waals surface area (Å²) in [5, 5.41) is 4.71. The molecule has 286 valence electrons. The molecule has 0 spiro atoms. The minimum atomic E-state index is -0.495. The predicted molar refractivity (Wildman–Crippen MR) is 254 cm³/mol. The molecule has 10 aromatic carbocycles. The fourth-order valence-electron chi connectivity index (χ4n) is 9.95. The van der Waals surface area contributed by atoms with Crippen LogP contribution in [0.2, 0.25) is 0 Å². The van der Waals surface area contributed by atoms with Crippen molar-refractivity contribution in [3.63, 3.8) is 0 Å². The van der Waals surface area contributed by atoms with E-state index in [1.54, 1.807) is 0 Å². The van der Waals surface area contributed by atoms with Crippen molar-refractivity contribution in [1.82, 2.24) is 0 Å². The van der Waals surface area contributed by atoms with E-state index in [0.717, 1.165) is 61.3 Å². The molecular formula is C59H39NO. The molecule has 0 fully saturated rings. The number of fused-ring (bicyclic) bond motifs is 7. The maximum Gasteiger partial charge on any atom is 0.143 e. The van der Waals surface area contributed by atoms with Gasteiger partial charge in [-0.2, -0.15) is 0 Å². The maximum atomic E-state index is 6.38. The molecule has 0 saturated heterocycles. The SMILES string of the molecule is c1ccc(C2(c3ccccc3)c3ccccc3-c3ccc(N(c4ccc(-c5ccc(-c6cccc7c6oc6ccccc67)cc5)cc4)c4ccc5ccccc5c4)cc32)cc1. The number of hydrogen-bond donors (Lipinski definition) is 0. The molecule has 2 heteroatoms. The summed E-state index contributed by atoms with van der Waals surface area (Å²) in [6.07, 6.45) is 0. The van der Waals surface area contributed by atoms with Crippen LogP contribution >= 0.6 is 0 Å². The van der Waals surface area contributed by atoms with Gasteiger partial charge in [0.15, 0.2) is 0 Å². The van der Waals surface area contributed by atoms with Crippen LogP contribution in [0.15, 0.2) is 241 Å². The summed E-state index contributed by atoms with van der Waals surface area (Å²) < 4.78 is 6.38. The summed E-state index contributed by atoms with van der Waals surface area (Å²) in [7, 11) is 0. The lowest BCUT2D eigenvalue weighted by Crippen LogP contribution is -2.28. The molecule has 0 aliphatic heterocycles. The van der Waals surface area contributed by atoms with Crippen LogP contribution in [-0.2, 0) is 5.41 Å². The van der Waals surface area contributed by atoms with Gasteiger partial charge in [-0.3, -0.25) is 0 Å². The standard InChI is InChI=1S/C59H39NO/c1-3-16-45(17-4-1)59(46-18-5-2-6-19-46)55-24-11-9-20-51(55)52-37-36-49(39-56(52)59)60(48-35-32-40-14-7-8-15-44(40)38-48)47-33-30-42(31-34-47)41-26-28-43(29-27-41)50-22-13-23-54-53-21-10-12-25-57(53)61-58(50)54/h1-39H. The molecule has 1 aliphatic carbocycles. The highest BCUT2D eigenvalue weighted by atomic mass is 16.3. The van der Waals surface area contributed by atoms with E-state index in [1.165, 1.54) is 44.2 Å². The van der Waals surface area contributed by atoms with Crippen LogP contribution in [-0.4, -0.2) is 0 Å². The fraction of sp³-hybridized carbons (Fsp3) is 0.0169. The molecule has 0 bridgehead atoms. The minimum Gasteiger partial charge on any atom is -0.455 e. The lowest BCUT2D eigenvalue weighted by Gasteiger charge is -2.35. The predicted octanol–water partition coefficient (Wildman–Crippen LogP) is 15.9. The van der Waals surface area contributed by atoms with Crippen LogP contribution in [0.1, 0.15) is 22.3 Å². The van der Waals surface area contributed by atoms with Gasteiger partial charge in [0.25, 0.3) is 0 Å². The second kappa shape index (κ2) is 14.1. The van der Waals surface area contributed by atoms with Crippen molar-refractivity contribution < 1.29 is 4.42 Å². The summed E-state index contributed by atoms with van der Waals surface area (Å²) in [5.74, 6) is 0. The first-order chi connectivity index (χ1) is 30.2. The molecule has 11 aromatic rings. The Morgan fingerprint density at radius 1 is 0.328 bits per heavy atom. The van der Waals surface area contributed by atoms with Crippen LogP contribution in [0.3, 0.4) is 0 Å². The Labute approximate surface area is 355 Å². The van der Waals surface area contributed by atoms with Crippen molar-refractivity contribution in [2.24, 2.45) is 0 Å². The van der Waals surface area contributed by atoms with Crippen molar-refractivity contribution in [3.05, 3.63) is 259 Å². The number of rotatable bonds is 7. The fourth-order valence-corrected chi connectivity index (χ4v) is 9.95. The first-order valence-corrected chi connectivity index (χ1v) is 21.0. The number of hydrogen-bond acceptors (Lipinski definition) is 2. The van der Waals surface area contributed by atoms with E-state index in [0.29, 0.717) is 0 Å². The lowest BCUT2D eigenvalue weighted by atomic mass is 9.67. The molecule has 2 nitrogen and oxygen atoms in total. The second-order valence-corrected chi connectivity index (χ2v) is 16.0. The summed E-state index contributed by atoms with van der Waals surface area (Å²) >= 11 is 0. The average Bonchev–Trinajstić information content (AvgIpc) is 3.86. The molecule has 0 unspecified atom stereocenters. The Hall–Kier alpha value is -7.94. The zero-order valence-corrected chi connectivity index (χ0v) is 33.4. The van der Waals surface area contributed by atoms with Crippen LogP contribution in [0.4, 0.5) is 17.1 Å². The van der Waals surface area contributed by atoms with Crippen molar-refractivity contribution in [2.75, 3.05) is 4.90 Å². The summed E-state index contributed by atoms with van der Waals surface area (Å²) in [4.78, 5) is 2.41. The van der Waals surface area contributed by atoms with Gasteiger partial charge in [0, 0.05) is 33.4 Å². The molecule has 1 aromatic heterocycles. The van der Waals surface area contributed by atoms with E-state index >= 15 is 0 Å². The van der Waals surface area contributed by atoms with Gasteiger partial charge in [-0.05, 0) is 103 Å². The van der Waals surface area contributed by atoms with Gasteiger partial charge in [-0.25, -0.2) is 0 Å². The molecule has 0 radical (unpaired) electrons. The third-order valence-electron chi connectivity index (χ3n) is 12.8. The largest absolute Gasteiger partial charge is 0.455 e. The highest BCUT2D eigenvalue weighted by molar-refractivity contribution is 6.09. The van der Waals surface area contributed by atoms with Gasteiger partial charge in [-0.1, -0.05) is 194 Å². The normalized spacial score (nSPS) is 12.7. The topological polar surface area (TPSA) is 16.4 Å². The van der Waals surface area contributed by atoms with Gasteiger partial charge >= 0.3 is 0 Å². The highest BCUT2D eigenvalue weighted by Crippen LogP contribution is 2.57. The number of furan rings is 1. The van der Waals surface area contributed by atoms with E-state index in [2.05, 4.69) is 229 Å². The monoisotopic (exact) mass is 777 g/mol. The van der Waals surface area contributed by atoms with Gasteiger partial charge in [-0.15, -0.1) is 0 Å². The Balaban J connectivity index is 0.980. The van der Waals surface area contributed by atoms with E-state index in [-0.39, 0.29) is 0 Å². The van der Waals surface area contributed by atoms with E-state index < -0.39 is 5.41 Å². The van der Waals surface area contributed by atoms with Crippen molar-refractivity contribution in [1.29, 1.82) is 0 Å². The summed E-state index contributed by atoms with van der Waals surface area (Å²) in [6, 6.07) is 86.1. The Bertz CT molecular complexity index is 3360. The molecule has 61 heavy (non-hydrogen) atoms. The summed E-state index contributed by atoms with van der Waals surface area (Å²) in [6.45, 7) is 0. The molecule has 1 heterocycles. The van der Waals surface area contributed by atoms with Gasteiger partial charge in [0.2, 0.25) is 0 Å². The third-order valence-corrected chi connectivity index (χ3v) is 12.8. The zero-order chi connectivity index (χ0) is 40.3. The van der Waals surface area contributed by atoms with E-state index in [4.69, 9.17) is 4.42 Å². The Morgan fingerprint density at radius 2 is 0.869 bits per heavy atom. The van der Waals surface area contributed by atoms with E-state index in [9.17, 15) is 0 Å². The number of anilines is 3. The van der Waals surface area contributed by atoms with Crippen LogP contribution in [0.25, 0.3) is 66.1 Å². The highest BCUT2D eigenvalue weighted by Gasteiger charge is 2.46. The maximum absolute atomic E-state index is 6.38. The third kappa shape index (κ3) is 5.57. The molecule has 1 aliphatic rings. The molecule has 0 atom stereocenters. The molecule has 0 saturated carbocycles. The van der Waals surface area contributed by atoms with Gasteiger partial charge in [0.05, 0.1) is 5.41 Å². The smallest absolute Gasteiger partial charge is 0.143 e.